The second-order valence-corrected chi connectivity index (χ2v) is 7.16. The van der Waals surface area contributed by atoms with Crippen molar-refractivity contribution < 1.29 is 0 Å². The molecule has 1 N–H and O–H groups in total. The van der Waals surface area contributed by atoms with E-state index in [0.717, 1.165) is 17.9 Å². The number of nitrogens with one attached hydrogen (secondary N) is 1. The van der Waals surface area contributed by atoms with Gasteiger partial charge in [0.2, 0.25) is 0 Å². The normalized spacial score (nSPS) is 11.9. The minimum Gasteiger partial charge on any atom is -0.370 e. The molecule has 0 unspecified atom stereocenters. The lowest BCUT2D eigenvalue weighted by Crippen LogP contribution is -2.16. The van der Waals surface area contributed by atoms with Crippen LogP contribution in [0, 0.1) is 13.8 Å². The Morgan fingerprint density at radius 3 is 2.40 bits per heavy atom. The number of hydrogen-bond acceptors (Lipinski definition) is 2. The van der Waals surface area contributed by atoms with E-state index in [4.69, 9.17) is 4.98 Å². The topological polar surface area (TPSA) is 24.9 Å². The van der Waals surface area contributed by atoms with Gasteiger partial charge in [0, 0.05) is 22.0 Å². The monoisotopic (exact) mass is 334 g/mol. The molecule has 2 nitrogen and oxygen atoms in total. The Labute approximate surface area is 130 Å². The van der Waals surface area contributed by atoms with E-state index in [2.05, 4.69) is 74.9 Å². The van der Waals surface area contributed by atoms with Crippen LogP contribution < -0.4 is 5.32 Å². The van der Waals surface area contributed by atoms with Crippen LogP contribution in [0.3, 0.4) is 0 Å². The Balaban J connectivity index is 2.82. The zero-order valence-electron chi connectivity index (χ0n) is 13.2. The minimum atomic E-state index is 0.0719. The van der Waals surface area contributed by atoms with E-state index in [0.29, 0.717) is 0 Å². The molecule has 0 aliphatic carbocycles. The van der Waals surface area contributed by atoms with Crippen molar-refractivity contribution in [2.45, 2.75) is 47.0 Å². The molecule has 20 heavy (non-hydrogen) atoms. The summed E-state index contributed by atoms with van der Waals surface area (Å²) in [6.45, 7) is 14.0. The Morgan fingerprint density at radius 2 is 1.85 bits per heavy atom. The number of anilines is 1. The first-order valence-electron chi connectivity index (χ1n) is 7.10. The van der Waals surface area contributed by atoms with Gasteiger partial charge in [-0.05, 0) is 49.4 Å². The molecule has 2 aromatic rings. The fraction of sp³-hybridized carbons (Fsp3) is 0.471. The number of pyridine rings is 1. The minimum absolute atomic E-state index is 0.0719. The predicted octanol–water partition coefficient (Wildman–Crippen LogP) is 5.34. The van der Waals surface area contributed by atoms with E-state index in [1.807, 2.05) is 0 Å². The summed E-state index contributed by atoms with van der Waals surface area (Å²) in [4.78, 5) is 4.86. The lowest BCUT2D eigenvalue weighted by atomic mass is 9.86. The van der Waals surface area contributed by atoms with Crippen LogP contribution in [-0.2, 0) is 5.41 Å². The molecule has 0 aliphatic rings. The van der Waals surface area contributed by atoms with Crippen molar-refractivity contribution in [2.24, 2.45) is 0 Å². The number of halogens is 1. The van der Waals surface area contributed by atoms with Crippen LogP contribution in [0.15, 0.2) is 16.6 Å². The summed E-state index contributed by atoms with van der Waals surface area (Å²) in [5.41, 5.74) is 4.90. The highest BCUT2D eigenvalue weighted by molar-refractivity contribution is 9.10. The van der Waals surface area contributed by atoms with Gasteiger partial charge in [-0.25, -0.2) is 4.98 Å². The van der Waals surface area contributed by atoms with Crippen LogP contribution in [0.1, 0.15) is 44.4 Å². The van der Waals surface area contributed by atoms with E-state index < -0.39 is 0 Å². The van der Waals surface area contributed by atoms with Crippen LogP contribution in [-0.4, -0.2) is 11.5 Å². The number of hydrogen-bond donors (Lipinski definition) is 1. The van der Waals surface area contributed by atoms with Crippen molar-refractivity contribution in [3.05, 3.63) is 33.3 Å². The number of aromatic nitrogens is 1. The highest BCUT2D eigenvalue weighted by atomic mass is 79.9. The van der Waals surface area contributed by atoms with Gasteiger partial charge in [-0.2, -0.15) is 0 Å². The number of nitrogens with zero attached hydrogens (tertiary/aromatic N) is 1. The third kappa shape index (κ3) is 2.69. The summed E-state index contributed by atoms with van der Waals surface area (Å²) in [7, 11) is 0. The molecular formula is C17H23BrN2. The summed E-state index contributed by atoms with van der Waals surface area (Å²) in [6, 6.07) is 4.44. The summed E-state index contributed by atoms with van der Waals surface area (Å²) >= 11 is 3.68. The molecule has 0 saturated carbocycles. The maximum atomic E-state index is 4.86. The quantitative estimate of drug-likeness (QED) is 0.801. The predicted molar refractivity (Wildman–Crippen MR) is 91.8 cm³/mol. The average molecular weight is 335 g/mol. The SMILES string of the molecule is CCNc1nc2cc(C)c(Br)c(C)c2cc1C(C)(C)C. The van der Waals surface area contributed by atoms with Gasteiger partial charge in [0.15, 0.2) is 0 Å². The number of rotatable bonds is 2. The summed E-state index contributed by atoms with van der Waals surface area (Å²) in [5, 5.41) is 4.64. The van der Waals surface area contributed by atoms with E-state index in [1.165, 1.54) is 26.5 Å². The maximum Gasteiger partial charge on any atom is 0.130 e. The van der Waals surface area contributed by atoms with Crippen LogP contribution >= 0.6 is 15.9 Å². The van der Waals surface area contributed by atoms with E-state index in [9.17, 15) is 0 Å². The number of fused-ring (bicyclic) bond motifs is 1. The molecule has 0 atom stereocenters. The van der Waals surface area contributed by atoms with Gasteiger partial charge in [-0.1, -0.05) is 36.7 Å². The van der Waals surface area contributed by atoms with Crippen molar-refractivity contribution in [1.82, 2.24) is 4.98 Å². The van der Waals surface area contributed by atoms with Crippen molar-refractivity contribution in [2.75, 3.05) is 11.9 Å². The molecule has 0 saturated heterocycles. The van der Waals surface area contributed by atoms with Crippen LogP contribution in [0.5, 0.6) is 0 Å². The largest absolute Gasteiger partial charge is 0.370 e. The molecular weight excluding hydrogens is 312 g/mol. The number of aryl methyl sites for hydroxylation is 2. The van der Waals surface area contributed by atoms with Crippen LogP contribution in [0.25, 0.3) is 10.9 Å². The van der Waals surface area contributed by atoms with Gasteiger partial charge in [-0.3, -0.25) is 0 Å². The smallest absolute Gasteiger partial charge is 0.130 e. The molecule has 0 fully saturated rings. The first-order valence-corrected chi connectivity index (χ1v) is 7.89. The van der Waals surface area contributed by atoms with Crippen molar-refractivity contribution in [3.63, 3.8) is 0 Å². The van der Waals surface area contributed by atoms with E-state index in [-0.39, 0.29) is 5.41 Å². The van der Waals surface area contributed by atoms with Gasteiger partial charge < -0.3 is 5.32 Å². The van der Waals surface area contributed by atoms with E-state index in [1.54, 1.807) is 0 Å². The lowest BCUT2D eigenvalue weighted by molar-refractivity contribution is 0.590. The zero-order valence-corrected chi connectivity index (χ0v) is 14.8. The molecule has 1 aromatic carbocycles. The Bertz CT molecular complexity index is 654. The molecule has 1 heterocycles. The lowest BCUT2D eigenvalue weighted by Gasteiger charge is -2.24. The first-order chi connectivity index (χ1) is 9.25. The molecule has 108 valence electrons. The Hall–Kier alpha value is -1.09. The molecule has 0 aliphatic heterocycles. The number of benzene rings is 1. The second kappa shape index (κ2) is 5.36. The van der Waals surface area contributed by atoms with E-state index >= 15 is 0 Å². The van der Waals surface area contributed by atoms with Crippen LogP contribution in [0.2, 0.25) is 0 Å². The fourth-order valence-corrected chi connectivity index (χ4v) is 2.82. The molecule has 2 rings (SSSR count). The average Bonchev–Trinajstić information content (AvgIpc) is 2.34. The first kappa shape index (κ1) is 15.3. The highest BCUT2D eigenvalue weighted by Crippen LogP contribution is 2.35. The molecule has 0 spiro atoms. The third-order valence-electron chi connectivity index (χ3n) is 3.64. The van der Waals surface area contributed by atoms with Crippen molar-refractivity contribution in [1.29, 1.82) is 0 Å². The summed E-state index contributed by atoms with van der Waals surface area (Å²) < 4.78 is 1.18. The fourth-order valence-electron chi connectivity index (χ4n) is 2.49. The maximum absolute atomic E-state index is 4.86. The molecule has 0 amide bonds. The van der Waals surface area contributed by atoms with Crippen molar-refractivity contribution >= 4 is 32.7 Å². The zero-order chi connectivity index (χ0) is 15.1. The Kier molecular flexibility index (Phi) is 4.10. The Morgan fingerprint density at radius 1 is 1.20 bits per heavy atom. The van der Waals surface area contributed by atoms with Gasteiger partial charge in [-0.15, -0.1) is 0 Å². The van der Waals surface area contributed by atoms with Crippen molar-refractivity contribution in [3.8, 4) is 0 Å². The standard InChI is InChI=1S/C17H23BrN2/c1-7-19-16-13(17(4,5)6)9-12-11(3)15(18)10(2)8-14(12)20-16/h8-9H,7H2,1-6H3,(H,19,20). The molecule has 3 heteroatoms. The summed E-state index contributed by atoms with van der Waals surface area (Å²) in [5.74, 6) is 1.01. The molecule has 1 aromatic heterocycles. The third-order valence-corrected chi connectivity index (χ3v) is 4.86. The van der Waals surface area contributed by atoms with Crippen LogP contribution in [0.4, 0.5) is 5.82 Å². The molecule has 0 radical (unpaired) electrons. The molecule has 0 bridgehead atoms. The van der Waals surface area contributed by atoms with Gasteiger partial charge >= 0.3 is 0 Å². The van der Waals surface area contributed by atoms with Gasteiger partial charge in [0.25, 0.3) is 0 Å². The highest BCUT2D eigenvalue weighted by Gasteiger charge is 2.21. The second-order valence-electron chi connectivity index (χ2n) is 6.36. The summed E-state index contributed by atoms with van der Waals surface area (Å²) in [6.07, 6.45) is 0. The van der Waals surface area contributed by atoms with Gasteiger partial charge in [0.05, 0.1) is 5.52 Å². The van der Waals surface area contributed by atoms with Gasteiger partial charge in [0.1, 0.15) is 5.82 Å².